The quantitative estimate of drug-likeness (QED) is 0.885. The van der Waals surface area contributed by atoms with Gasteiger partial charge in [0.25, 0.3) is 5.91 Å². The molecule has 0 spiro atoms. The van der Waals surface area contributed by atoms with Crippen LogP contribution < -0.4 is 5.32 Å². The van der Waals surface area contributed by atoms with Gasteiger partial charge in [-0.15, -0.1) is 0 Å². The van der Waals surface area contributed by atoms with Crippen LogP contribution in [0.1, 0.15) is 50.9 Å². The molecule has 114 valence electrons. The molecule has 1 heterocycles. The van der Waals surface area contributed by atoms with E-state index in [-0.39, 0.29) is 11.9 Å². The molecule has 1 aromatic carbocycles. The van der Waals surface area contributed by atoms with Crippen molar-refractivity contribution in [2.75, 3.05) is 7.11 Å². The van der Waals surface area contributed by atoms with Crippen molar-refractivity contribution in [2.24, 2.45) is 0 Å². The first kappa shape index (κ1) is 14.4. The van der Waals surface area contributed by atoms with Crippen LogP contribution in [0.2, 0.25) is 0 Å². The van der Waals surface area contributed by atoms with E-state index in [2.05, 4.69) is 10.1 Å². The van der Waals surface area contributed by atoms with Crippen LogP contribution in [0, 0.1) is 0 Å². The van der Waals surface area contributed by atoms with E-state index < -0.39 is 5.97 Å². The summed E-state index contributed by atoms with van der Waals surface area (Å²) in [7, 11) is 1.32. The number of hydrogen-bond acceptors (Lipinski definition) is 4. The fraction of sp³-hybridized carbons (Fsp3) is 0.294. The predicted molar refractivity (Wildman–Crippen MR) is 79.6 cm³/mol. The fourth-order valence-electron chi connectivity index (χ4n) is 2.78. The van der Waals surface area contributed by atoms with Crippen LogP contribution in [-0.2, 0) is 11.2 Å². The SMILES string of the molecule is COC(=O)c1cccc(C(=O)NC2CCCc3occc32)c1. The number of ether oxygens (including phenoxy) is 1. The average Bonchev–Trinajstić information content (AvgIpc) is 3.04. The highest BCUT2D eigenvalue weighted by molar-refractivity contribution is 5.98. The second-order valence-corrected chi connectivity index (χ2v) is 5.29. The van der Waals surface area contributed by atoms with E-state index in [1.165, 1.54) is 7.11 Å². The Morgan fingerprint density at radius 1 is 1.27 bits per heavy atom. The van der Waals surface area contributed by atoms with Crippen molar-refractivity contribution < 1.29 is 18.7 Å². The Balaban J connectivity index is 1.77. The monoisotopic (exact) mass is 299 g/mol. The number of carbonyl (C=O) groups excluding carboxylic acids is 2. The van der Waals surface area contributed by atoms with Crippen molar-refractivity contribution in [3.8, 4) is 0 Å². The maximum atomic E-state index is 12.4. The molecule has 22 heavy (non-hydrogen) atoms. The maximum absolute atomic E-state index is 12.4. The fourth-order valence-corrected chi connectivity index (χ4v) is 2.78. The van der Waals surface area contributed by atoms with Crippen LogP contribution in [-0.4, -0.2) is 19.0 Å². The highest BCUT2D eigenvalue weighted by Crippen LogP contribution is 2.30. The third-order valence-electron chi connectivity index (χ3n) is 3.90. The van der Waals surface area contributed by atoms with Crippen molar-refractivity contribution in [1.82, 2.24) is 5.32 Å². The molecule has 0 saturated carbocycles. The molecule has 2 aromatic rings. The van der Waals surface area contributed by atoms with Crippen LogP contribution >= 0.6 is 0 Å². The molecule has 0 saturated heterocycles. The first-order chi connectivity index (χ1) is 10.7. The highest BCUT2D eigenvalue weighted by atomic mass is 16.5. The third kappa shape index (κ3) is 2.74. The lowest BCUT2D eigenvalue weighted by molar-refractivity contribution is 0.0600. The largest absolute Gasteiger partial charge is 0.469 e. The first-order valence-electron chi connectivity index (χ1n) is 7.24. The van der Waals surface area contributed by atoms with Crippen molar-refractivity contribution in [2.45, 2.75) is 25.3 Å². The Labute approximate surface area is 128 Å². The summed E-state index contributed by atoms with van der Waals surface area (Å²) in [4.78, 5) is 24.0. The molecule has 0 aliphatic heterocycles. The van der Waals surface area contributed by atoms with Gasteiger partial charge in [0, 0.05) is 17.5 Å². The molecule has 1 aliphatic rings. The van der Waals surface area contributed by atoms with E-state index >= 15 is 0 Å². The number of aryl methyl sites for hydroxylation is 1. The summed E-state index contributed by atoms with van der Waals surface area (Å²) >= 11 is 0. The van der Waals surface area contributed by atoms with Crippen LogP contribution in [0.25, 0.3) is 0 Å². The molecule has 1 amide bonds. The summed E-state index contributed by atoms with van der Waals surface area (Å²) in [5.74, 6) is 0.286. The summed E-state index contributed by atoms with van der Waals surface area (Å²) in [6.45, 7) is 0. The number of carbonyl (C=O) groups is 2. The van der Waals surface area contributed by atoms with Crippen molar-refractivity contribution >= 4 is 11.9 Å². The number of methoxy groups -OCH3 is 1. The van der Waals surface area contributed by atoms with Crippen LogP contribution in [0.5, 0.6) is 0 Å². The Kier molecular flexibility index (Phi) is 3.96. The standard InChI is InChI=1S/C17H17NO4/c1-21-17(20)12-5-2-4-11(10-12)16(19)18-14-6-3-7-15-13(14)8-9-22-15/h2,4-5,8-10,14H,3,6-7H2,1H3,(H,18,19). The summed E-state index contributed by atoms with van der Waals surface area (Å²) in [5, 5.41) is 3.01. The molecule has 5 nitrogen and oxygen atoms in total. The van der Waals surface area contributed by atoms with Gasteiger partial charge in [0.1, 0.15) is 5.76 Å². The Morgan fingerprint density at radius 3 is 2.91 bits per heavy atom. The van der Waals surface area contributed by atoms with Crippen molar-refractivity contribution in [3.05, 3.63) is 59.0 Å². The van der Waals surface area contributed by atoms with Gasteiger partial charge in [0.2, 0.25) is 0 Å². The maximum Gasteiger partial charge on any atom is 0.337 e. The van der Waals surface area contributed by atoms with Gasteiger partial charge in [-0.3, -0.25) is 4.79 Å². The summed E-state index contributed by atoms with van der Waals surface area (Å²) in [6, 6.07) is 8.38. The number of furan rings is 1. The normalized spacial score (nSPS) is 16.7. The number of nitrogens with one attached hydrogen (secondary N) is 1. The molecule has 1 aromatic heterocycles. The summed E-state index contributed by atoms with van der Waals surface area (Å²) in [6.07, 6.45) is 4.43. The number of esters is 1. The topological polar surface area (TPSA) is 68.5 Å². The Bertz CT molecular complexity index is 704. The van der Waals surface area contributed by atoms with Gasteiger partial charge in [-0.1, -0.05) is 6.07 Å². The zero-order valence-corrected chi connectivity index (χ0v) is 12.3. The van der Waals surface area contributed by atoms with E-state index in [4.69, 9.17) is 4.42 Å². The lowest BCUT2D eigenvalue weighted by Gasteiger charge is -2.22. The Hall–Kier alpha value is -2.56. The van der Waals surface area contributed by atoms with Gasteiger partial charge in [-0.25, -0.2) is 4.79 Å². The minimum absolute atomic E-state index is 0.0446. The Morgan fingerprint density at radius 2 is 2.09 bits per heavy atom. The van der Waals surface area contributed by atoms with Gasteiger partial charge in [0.15, 0.2) is 0 Å². The second-order valence-electron chi connectivity index (χ2n) is 5.29. The molecule has 1 atom stereocenters. The van der Waals surface area contributed by atoms with Crippen molar-refractivity contribution in [3.63, 3.8) is 0 Å². The molecule has 0 fully saturated rings. The molecular weight excluding hydrogens is 282 g/mol. The van der Waals surface area contributed by atoms with Gasteiger partial charge in [-0.05, 0) is 37.1 Å². The van der Waals surface area contributed by atoms with E-state index in [1.807, 2.05) is 6.07 Å². The van der Waals surface area contributed by atoms with Gasteiger partial charge in [0.05, 0.1) is 25.0 Å². The van der Waals surface area contributed by atoms with E-state index in [0.717, 1.165) is 30.6 Å². The van der Waals surface area contributed by atoms with Gasteiger partial charge < -0.3 is 14.5 Å². The highest BCUT2D eigenvalue weighted by Gasteiger charge is 2.24. The third-order valence-corrected chi connectivity index (χ3v) is 3.90. The van der Waals surface area contributed by atoms with E-state index in [1.54, 1.807) is 30.5 Å². The first-order valence-corrected chi connectivity index (χ1v) is 7.24. The summed E-state index contributed by atoms with van der Waals surface area (Å²) < 4.78 is 10.1. The van der Waals surface area contributed by atoms with Gasteiger partial charge >= 0.3 is 5.97 Å². The lowest BCUT2D eigenvalue weighted by atomic mass is 9.93. The number of amides is 1. The molecule has 0 bridgehead atoms. The number of benzene rings is 1. The number of rotatable bonds is 3. The smallest absolute Gasteiger partial charge is 0.337 e. The molecule has 0 radical (unpaired) electrons. The average molecular weight is 299 g/mol. The molecule has 1 N–H and O–H groups in total. The van der Waals surface area contributed by atoms with Crippen LogP contribution in [0.4, 0.5) is 0 Å². The summed E-state index contributed by atoms with van der Waals surface area (Å²) in [5.41, 5.74) is 1.85. The zero-order valence-electron chi connectivity index (χ0n) is 12.3. The molecular formula is C17H17NO4. The van der Waals surface area contributed by atoms with E-state index in [9.17, 15) is 9.59 Å². The van der Waals surface area contributed by atoms with Crippen LogP contribution in [0.3, 0.4) is 0 Å². The van der Waals surface area contributed by atoms with E-state index in [0.29, 0.717) is 11.1 Å². The zero-order chi connectivity index (χ0) is 15.5. The van der Waals surface area contributed by atoms with Gasteiger partial charge in [-0.2, -0.15) is 0 Å². The minimum Gasteiger partial charge on any atom is -0.469 e. The van der Waals surface area contributed by atoms with Crippen molar-refractivity contribution in [1.29, 1.82) is 0 Å². The van der Waals surface area contributed by atoms with Crippen LogP contribution in [0.15, 0.2) is 41.0 Å². The molecule has 1 aliphatic carbocycles. The second kappa shape index (κ2) is 6.05. The molecule has 5 heteroatoms. The lowest BCUT2D eigenvalue weighted by Crippen LogP contribution is -2.30. The number of fused-ring (bicyclic) bond motifs is 1. The number of hydrogen-bond donors (Lipinski definition) is 1. The minimum atomic E-state index is -0.454. The predicted octanol–water partition coefficient (Wildman–Crippen LogP) is 2.87. The molecule has 1 unspecified atom stereocenters. The molecule has 3 rings (SSSR count).